The fourth-order valence-corrected chi connectivity index (χ4v) is 2.38. The summed E-state index contributed by atoms with van der Waals surface area (Å²) in [6.45, 7) is 1.38. The van der Waals surface area contributed by atoms with Crippen LogP contribution in [0.4, 0.5) is 5.69 Å². The van der Waals surface area contributed by atoms with Crippen molar-refractivity contribution in [1.82, 2.24) is 4.90 Å². The van der Waals surface area contributed by atoms with Crippen LogP contribution in [0.25, 0.3) is 0 Å². The normalized spacial score (nSPS) is 25.8. The molecule has 1 aliphatic heterocycles. The fourth-order valence-electron chi connectivity index (χ4n) is 2.38. The van der Waals surface area contributed by atoms with E-state index in [1.807, 2.05) is 36.2 Å². The van der Waals surface area contributed by atoms with Gasteiger partial charge in [0.15, 0.2) is 0 Å². The lowest BCUT2D eigenvalue weighted by atomic mass is 9.89. The molecule has 0 amide bonds. The minimum atomic E-state index is -0.725. The minimum absolute atomic E-state index is 0.0472. The molecule has 2 rings (SSSR count). The minimum Gasteiger partial charge on any atom is -0.481 e. The van der Waals surface area contributed by atoms with Gasteiger partial charge in [0, 0.05) is 24.7 Å². The molecule has 1 saturated heterocycles. The van der Waals surface area contributed by atoms with Gasteiger partial charge in [-0.05, 0) is 24.7 Å². The number of carboxylic acid groups (broad SMARTS) is 1. The molecule has 3 N–H and O–H groups in total. The first-order chi connectivity index (χ1) is 7.58. The first-order valence-electron chi connectivity index (χ1n) is 5.34. The van der Waals surface area contributed by atoms with Gasteiger partial charge in [-0.15, -0.1) is 0 Å². The van der Waals surface area contributed by atoms with Crippen LogP contribution >= 0.6 is 0 Å². The van der Waals surface area contributed by atoms with Crippen molar-refractivity contribution in [3.8, 4) is 0 Å². The van der Waals surface area contributed by atoms with E-state index in [9.17, 15) is 9.90 Å². The van der Waals surface area contributed by atoms with Gasteiger partial charge in [0.2, 0.25) is 0 Å². The van der Waals surface area contributed by atoms with Crippen LogP contribution in [0.1, 0.15) is 11.5 Å². The topological polar surface area (TPSA) is 66.6 Å². The van der Waals surface area contributed by atoms with E-state index in [0.717, 1.165) is 12.1 Å². The first kappa shape index (κ1) is 11.0. The molecule has 1 fully saturated rings. The Balaban J connectivity index is 2.28. The van der Waals surface area contributed by atoms with Gasteiger partial charge in [-0.2, -0.15) is 0 Å². The average molecular weight is 220 g/mol. The van der Waals surface area contributed by atoms with Crippen molar-refractivity contribution in [2.45, 2.75) is 5.92 Å². The van der Waals surface area contributed by atoms with Gasteiger partial charge in [0.05, 0.1) is 5.92 Å². The summed E-state index contributed by atoms with van der Waals surface area (Å²) in [5.41, 5.74) is 7.44. The smallest absolute Gasteiger partial charge is 0.308 e. The molecule has 0 saturated carbocycles. The third-order valence-electron chi connectivity index (χ3n) is 3.16. The van der Waals surface area contributed by atoms with Crippen LogP contribution < -0.4 is 5.73 Å². The third-order valence-corrected chi connectivity index (χ3v) is 3.16. The van der Waals surface area contributed by atoms with E-state index in [0.29, 0.717) is 12.2 Å². The van der Waals surface area contributed by atoms with Gasteiger partial charge in [-0.25, -0.2) is 0 Å². The van der Waals surface area contributed by atoms with E-state index in [2.05, 4.69) is 0 Å². The van der Waals surface area contributed by atoms with E-state index in [1.54, 1.807) is 0 Å². The fraction of sp³-hybridized carbons (Fsp3) is 0.417. The molecular formula is C12H16N2O2. The lowest BCUT2D eigenvalue weighted by Crippen LogP contribution is -2.21. The van der Waals surface area contributed by atoms with Crippen LogP contribution in [0.3, 0.4) is 0 Å². The van der Waals surface area contributed by atoms with Crippen molar-refractivity contribution in [3.63, 3.8) is 0 Å². The van der Waals surface area contributed by atoms with Gasteiger partial charge in [-0.3, -0.25) is 4.79 Å². The zero-order valence-electron chi connectivity index (χ0n) is 9.26. The molecule has 0 radical (unpaired) electrons. The van der Waals surface area contributed by atoms with E-state index in [1.165, 1.54) is 0 Å². The Morgan fingerprint density at radius 1 is 1.50 bits per heavy atom. The van der Waals surface area contributed by atoms with Gasteiger partial charge in [0.25, 0.3) is 0 Å². The summed E-state index contributed by atoms with van der Waals surface area (Å²) in [7, 11) is 1.95. The summed E-state index contributed by atoms with van der Waals surface area (Å²) in [4.78, 5) is 13.2. The number of rotatable bonds is 2. The number of aliphatic carboxylic acids is 1. The Kier molecular flexibility index (Phi) is 2.83. The van der Waals surface area contributed by atoms with Crippen LogP contribution in [-0.4, -0.2) is 36.1 Å². The molecule has 1 aromatic rings. The van der Waals surface area contributed by atoms with Crippen molar-refractivity contribution >= 4 is 11.7 Å². The highest BCUT2D eigenvalue weighted by atomic mass is 16.4. The summed E-state index contributed by atoms with van der Waals surface area (Å²) in [6, 6.07) is 7.52. The van der Waals surface area contributed by atoms with Crippen molar-refractivity contribution < 1.29 is 9.90 Å². The van der Waals surface area contributed by atoms with Crippen LogP contribution in [0.5, 0.6) is 0 Å². The molecule has 1 aliphatic rings. The monoisotopic (exact) mass is 220 g/mol. The summed E-state index contributed by atoms with van der Waals surface area (Å²) < 4.78 is 0. The van der Waals surface area contributed by atoms with Crippen molar-refractivity contribution in [2.24, 2.45) is 5.92 Å². The number of nitrogens with two attached hydrogens (primary N) is 1. The molecule has 4 nitrogen and oxygen atoms in total. The molecule has 0 unspecified atom stereocenters. The second-order valence-electron chi connectivity index (χ2n) is 4.44. The predicted molar refractivity (Wildman–Crippen MR) is 62.2 cm³/mol. The number of anilines is 1. The van der Waals surface area contributed by atoms with E-state index in [4.69, 9.17) is 5.73 Å². The summed E-state index contributed by atoms with van der Waals surface area (Å²) in [5, 5.41) is 9.17. The molecular weight excluding hydrogens is 204 g/mol. The number of likely N-dealkylation sites (N-methyl/N-ethyl adjacent to an activating group) is 1. The maximum absolute atomic E-state index is 11.2. The summed E-state index contributed by atoms with van der Waals surface area (Å²) in [5.74, 6) is -1.01. The largest absolute Gasteiger partial charge is 0.481 e. The third kappa shape index (κ3) is 2.02. The Morgan fingerprint density at radius 2 is 2.25 bits per heavy atom. The van der Waals surface area contributed by atoms with Gasteiger partial charge in [-0.1, -0.05) is 12.1 Å². The molecule has 0 aromatic heterocycles. The standard InChI is InChI=1S/C12H16N2O2/c1-14-6-10(11(7-14)12(15)16)8-3-2-4-9(13)5-8/h2-5,10-11H,6-7,13H2,1H3,(H,15,16)/t10-,11-/m1/s1. The summed E-state index contributed by atoms with van der Waals surface area (Å²) >= 11 is 0. The van der Waals surface area contributed by atoms with Gasteiger partial charge >= 0.3 is 5.97 Å². The summed E-state index contributed by atoms with van der Waals surface area (Å²) in [6.07, 6.45) is 0. The lowest BCUT2D eigenvalue weighted by molar-refractivity contribution is -0.141. The molecule has 4 heteroatoms. The maximum atomic E-state index is 11.2. The van der Waals surface area contributed by atoms with E-state index >= 15 is 0 Å². The second-order valence-corrected chi connectivity index (χ2v) is 4.44. The molecule has 1 aromatic carbocycles. The van der Waals surface area contributed by atoms with Crippen molar-refractivity contribution in [3.05, 3.63) is 29.8 Å². The first-order valence-corrected chi connectivity index (χ1v) is 5.34. The van der Waals surface area contributed by atoms with Crippen molar-refractivity contribution in [2.75, 3.05) is 25.9 Å². The molecule has 1 heterocycles. The highest BCUT2D eigenvalue weighted by Gasteiger charge is 2.36. The van der Waals surface area contributed by atoms with Gasteiger partial charge in [0.1, 0.15) is 0 Å². The molecule has 0 spiro atoms. The maximum Gasteiger partial charge on any atom is 0.308 e. The molecule has 16 heavy (non-hydrogen) atoms. The Morgan fingerprint density at radius 3 is 2.88 bits per heavy atom. The number of hydrogen-bond donors (Lipinski definition) is 2. The highest BCUT2D eigenvalue weighted by Crippen LogP contribution is 2.32. The zero-order chi connectivity index (χ0) is 11.7. The van der Waals surface area contributed by atoms with Gasteiger partial charge < -0.3 is 15.7 Å². The van der Waals surface area contributed by atoms with E-state index in [-0.39, 0.29) is 11.8 Å². The number of carbonyl (C=O) groups is 1. The Bertz CT molecular complexity index is 406. The second kappa shape index (κ2) is 4.14. The lowest BCUT2D eigenvalue weighted by Gasteiger charge is -2.15. The average Bonchev–Trinajstić information content (AvgIpc) is 2.60. The highest BCUT2D eigenvalue weighted by molar-refractivity contribution is 5.72. The molecule has 0 aliphatic carbocycles. The quantitative estimate of drug-likeness (QED) is 0.730. The van der Waals surface area contributed by atoms with Crippen LogP contribution in [-0.2, 0) is 4.79 Å². The van der Waals surface area contributed by atoms with E-state index < -0.39 is 5.97 Å². The van der Waals surface area contributed by atoms with Crippen molar-refractivity contribution in [1.29, 1.82) is 0 Å². The number of nitrogens with zero attached hydrogens (tertiary/aromatic N) is 1. The molecule has 0 bridgehead atoms. The number of carboxylic acids is 1. The SMILES string of the molecule is CN1C[C@H](c2cccc(N)c2)[C@H](C(=O)O)C1. The van der Waals surface area contributed by atoms with Crippen LogP contribution in [0.2, 0.25) is 0 Å². The predicted octanol–water partition coefficient (Wildman–Crippen LogP) is 0.999. The number of benzene rings is 1. The Hall–Kier alpha value is -1.55. The number of nitrogen functional groups attached to an aromatic ring is 1. The molecule has 86 valence electrons. The van der Waals surface area contributed by atoms with Crippen LogP contribution in [0.15, 0.2) is 24.3 Å². The van der Waals surface area contributed by atoms with Crippen LogP contribution in [0, 0.1) is 5.92 Å². The molecule has 2 atom stereocenters. The zero-order valence-corrected chi connectivity index (χ0v) is 9.26. The Labute approximate surface area is 94.7 Å². The number of likely N-dealkylation sites (tertiary alicyclic amines) is 1. The number of hydrogen-bond acceptors (Lipinski definition) is 3.